The minimum absolute atomic E-state index is 0.233. The van der Waals surface area contributed by atoms with E-state index in [2.05, 4.69) is 36.7 Å². The van der Waals surface area contributed by atoms with Crippen molar-refractivity contribution >= 4 is 27.4 Å². The van der Waals surface area contributed by atoms with Crippen molar-refractivity contribution in [2.24, 2.45) is 5.92 Å². The molecule has 5 heterocycles. The summed E-state index contributed by atoms with van der Waals surface area (Å²) >= 11 is 1.67. The maximum atomic E-state index is 9.40. The van der Waals surface area contributed by atoms with Crippen LogP contribution in [-0.4, -0.2) is 49.5 Å². The van der Waals surface area contributed by atoms with Crippen LogP contribution < -0.4 is 4.90 Å². The third-order valence-electron chi connectivity index (χ3n) is 6.16. The predicted octanol–water partition coefficient (Wildman–Crippen LogP) is 4.71. The van der Waals surface area contributed by atoms with E-state index in [0.717, 1.165) is 58.2 Å². The Kier molecular flexibility index (Phi) is 5.65. The monoisotopic (exact) mass is 448 g/mol. The Hall–Kier alpha value is -2.84. The summed E-state index contributed by atoms with van der Waals surface area (Å²) in [4.78, 5) is 18.9. The molecule has 0 bridgehead atoms. The van der Waals surface area contributed by atoms with E-state index >= 15 is 0 Å². The second-order valence-corrected chi connectivity index (χ2v) is 9.71. The van der Waals surface area contributed by atoms with Crippen LogP contribution in [0.5, 0.6) is 0 Å². The van der Waals surface area contributed by atoms with Crippen molar-refractivity contribution in [3.63, 3.8) is 0 Å². The van der Waals surface area contributed by atoms with Crippen LogP contribution in [0.1, 0.15) is 38.3 Å². The summed E-state index contributed by atoms with van der Waals surface area (Å²) in [5, 5.41) is 15.3. The van der Waals surface area contributed by atoms with E-state index in [4.69, 9.17) is 15.1 Å². The number of aromatic nitrogens is 5. The fourth-order valence-electron chi connectivity index (χ4n) is 4.39. The van der Waals surface area contributed by atoms with E-state index in [9.17, 15) is 5.11 Å². The number of pyridine rings is 1. The van der Waals surface area contributed by atoms with Gasteiger partial charge in [-0.2, -0.15) is 5.10 Å². The lowest BCUT2D eigenvalue weighted by atomic mass is 10.1. The Morgan fingerprint density at radius 3 is 2.78 bits per heavy atom. The zero-order chi connectivity index (χ0) is 22.2. The molecule has 7 nitrogen and oxygen atoms in total. The van der Waals surface area contributed by atoms with Crippen molar-refractivity contribution in [1.29, 1.82) is 0 Å². The lowest BCUT2D eigenvalue weighted by Crippen LogP contribution is -2.22. The Morgan fingerprint density at radius 2 is 2.06 bits per heavy atom. The predicted molar refractivity (Wildman–Crippen MR) is 129 cm³/mol. The first-order valence-corrected chi connectivity index (χ1v) is 12.0. The quantitative estimate of drug-likeness (QED) is 0.460. The number of hydrogen-bond acceptors (Lipinski definition) is 7. The number of fused-ring (bicyclic) bond motifs is 1. The van der Waals surface area contributed by atoms with Gasteiger partial charge in [-0.05, 0) is 63.3 Å². The topological polar surface area (TPSA) is 80.0 Å². The highest BCUT2D eigenvalue weighted by Crippen LogP contribution is 2.42. The van der Waals surface area contributed by atoms with Gasteiger partial charge in [0.2, 0.25) is 0 Å². The van der Waals surface area contributed by atoms with Gasteiger partial charge in [-0.25, -0.2) is 9.97 Å². The van der Waals surface area contributed by atoms with Gasteiger partial charge < -0.3 is 10.0 Å². The second kappa shape index (κ2) is 8.60. The molecule has 4 aromatic heterocycles. The van der Waals surface area contributed by atoms with E-state index in [0.29, 0.717) is 17.8 Å². The third-order valence-corrected chi connectivity index (χ3v) is 7.37. The lowest BCUT2D eigenvalue weighted by molar-refractivity contribution is 0.263. The normalized spacial score (nSPS) is 16.5. The van der Waals surface area contributed by atoms with Crippen LogP contribution in [0.3, 0.4) is 0 Å². The van der Waals surface area contributed by atoms with E-state index in [-0.39, 0.29) is 6.61 Å². The molecule has 0 aromatic carbocycles. The summed E-state index contributed by atoms with van der Waals surface area (Å²) in [5.41, 5.74) is 2.93. The molecular formula is C24H28N6OS. The van der Waals surface area contributed by atoms with Crippen LogP contribution in [0.15, 0.2) is 36.7 Å². The molecule has 1 aliphatic heterocycles. The van der Waals surface area contributed by atoms with Crippen LogP contribution in [-0.2, 0) is 0 Å². The number of aryl methyl sites for hydroxylation is 1. The van der Waals surface area contributed by atoms with Gasteiger partial charge in [0, 0.05) is 38.1 Å². The Labute approximate surface area is 191 Å². The van der Waals surface area contributed by atoms with E-state index in [1.165, 1.54) is 5.56 Å². The molecule has 1 unspecified atom stereocenters. The van der Waals surface area contributed by atoms with E-state index in [1.807, 2.05) is 29.1 Å². The fourth-order valence-corrected chi connectivity index (χ4v) is 5.53. The molecular weight excluding hydrogens is 420 g/mol. The molecule has 1 saturated heterocycles. The first-order valence-electron chi connectivity index (χ1n) is 11.2. The molecule has 0 saturated carbocycles. The minimum Gasteiger partial charge on any atom is -0.396 e. The van der Waals surface area contributed by atoms with Crippen LogP contribution in [0, 0.1) is 12.8 Å². The van der Waals surface area contributed by atoms with Gasteiger partial charge in [0.05, 0.1) is 10.3 Å². The first kappa shape index (κ1) is 21.0. The Bertz CT molecular complexity index is 1230. The summed E-state index contributed by atoms with van der Waals surface area (Å²) in [6.45, 7) is 8.49. The van der Waals surface area contributed by atoms with Crippen LogP contribution in [0.4, 0.5) is 5.82 Å². The van der Waals surface area contributed by atoms with Gasteiger partial charge in [-0.3, -0.25) is 9.67 Å². The molecule has 5 rings (SSSR count). The fraction of sp³-hybridized carbons (Fsp3) is 0.417. The third kappa shape index (κ3) is 3.78. The molecule has 1 N–H and O–H groups in total. The number of hydrogen-bond donors (Lipinski definition) is 1. The molecule has 0 radical (unpaired) electrons. The molecule has 32 heavy (non-hydrogen) atoms. The van der Waals surface area contributed by atoms with Crippen molar-refractivity contribution in [2.45, 2.75) is 39.7 Å². The Balaban J connectivity index is 1.66. The van der Waals surface area contributed by atoms with Gasteiger partial charge in [0.25, 0.3) is 0 Å². The van der Waals surface area contributed by atoms with Gasteiger partial charge in [-0.15, -0.1) is 11.3 Å². The molecule has 1 atom stereocenters. The number of thiophene rings is 1. The molecule has 0 aliphatic carbocycles. The van der Waals surface area contributed by atoms with Crippen LogP contribution in [0.2, 0.25) is 0 Å². The summed E-state index contributed by atoms with van der Waals surface area (Å²) in [7, 11) is 0. The van der Waals surface area contributed by atoms with Crippen molar-refractivity contribution in [2.75, 3.05) is 24.6 Å². The zero-order valence-corrected chi connectivity index (χ0v) is 19.5. The number of aliphatic hydroxyl groups excluding tert-OH is 1. The molecule has 0 spiro atoms. The Morgan fingerprint density at radius 1 is 1.19 bits per heavy atom. The van der Waals surface area contributed by atoms with Gasteiger partial charge in [-0.1, -0.05) is 6.07 Å². The van der Waals surface area contributed by atoms with Crippen LogP contribution >= 0.6 is 11.3 Å². The highest BCUT2D eigenvalue weighted by atomic mass is 32.1. The van der Waals surface area contributed by atoms with Crippen molar-refractivity contribution in [1.82, 2.24) is 24.7 Å². The molecule has 0 amide bonds. The average molecular weight is 449 g/mol. The second-order valence-electron chi connectivity index (χ2n) is 8.71. The number of rotatable bonds is 6. The SMILES string of the molecule is Cc1c(-c2ccn(C(C)C)n2)sc2nc(-c3ccccn3)nc(N3CCC(CCO)C3)c12. The zero-order valence-electron chi connectivity index (χ0n) is 18.7. The molecule has 1 fully saturated rings. The highest BCUT2D eigenvalue weighted by molar-refractivity contribution is 7.22. The summed E-state index contributed by atoms with van der Waals surface area (Å²) < 4.78 is 1.99. The molecule has 4 aromatic rings. The maximum absolute atomic E-state index is 9.40. The average Bonchev–Trinajstić information content (AvgIpc) is 3.53. The summed E-state index contributed by atoms with van der Waals surface area (Å²) in [5.74, 6) is 2.11. The maximum Gasteiger partial charge on any atom is 0.181 e. The van der Waals surface area contributed by atoms with Crippen molar-refractivity contribution < 1.29 is 5.11 Å². The molecule has 166 valence electrons. The summed E-state index contributed by atoms with van der Waals surface area (Å²) in [6, 6.07) is 8.22. The number of anilines is 1. The largest absolute Gasteiger partial charge is 0.396 e. The number of nitrogens with zero attached hydrogens (tertiary/aromatic N) is 6. The first-order chi connectivity index (χ1) is 15.5. The van der Waals surface area contributed by atoms with E-state index in [1.54, 1.807) is 17.5 Å². The van der Waals surface area contributed by atoms with Gasteiger partial charge >= 0.3 is 0 Å². The lowest BCUT2D eigenvalue weighted by Gasteiger charge is -2.19. The minimum atomic E-state index is 0.233. The smallest absolute Gasteiger partial charge is 0.181 e. The standard InChI is InChI=1S/C24H28N6OS/c1-15(2)30-12-8-18(28-30)21-16(3)20-23(29-11-7-17(14-29)9-13-31)26-22(27-24(20)32-21)19-6-4-5-10-25-19/h4-6,8,10,12,15,17,31H,7,9,11,13-14H2,1-3H3. The van der Waals surface area contributed by atoms with Gasteiger partial charge in [0.1, 0.15) is 22.0 Å². The van der Waals surface area contributed by atoms with Gasteiger partial charge in [0.15, 0.2) is 5.82 Å². The number of aliphatic hydroxyl groups is 1. The molecule has 1 aliphatic rings. The van der Waals surface area contributed by atoms with Crippen molar-refractivity contribution in [3.05, 3.63) is 42.2 Å². The van der Waals surface area contributed by atoms with Crippen molar-refractivity contribution in [3.8, 4) is 22.1 Å². The van der Waals surface area contributed by atoms with Crippen LogP contribution in [0.25, 0.3) is 32.3 Å². The molecule has 8 heteroatoms. The highest BCUT2D eigenvalue weighted by Gasteiger charge is 2.28. The van der Waals surface area contributed by atoms with E-state index < -0.39 is 0 Å². The summed E-state index contributed by atoms with van der Waals surface area (Å²) in [6.07, 6.45) is 5.72.